The smallest absolute Gasteiger partial charge is 0.161 e. The first-order valence-electron chi connectivity index (χ1n) is 6.41. The van der Waals surface area contributed by atoms with E-state index in [0.717, 1.165) is 28.7 Å². The Kier molecular flexibility index (Phi) is 4.66. The van der Waals surface area contributed by atoms with Crippen molar-refractivity contribution in [3.05, 3.63) is 29.2 Å². The molecule has 0 saturated heterocycles. The number of rotatable bonds is 3. The summed E-state index contributed by atoms with van der Waals surface area (Å²) < 4.78 is 1.85. The highest BCUT2D eigenvalue weighted by Crippen LogP contribution is 2.18. The Labute approximate surface area is 117 Å². The molecule has 0 aliphatic carbocycles. The van der Waals surface area contributed by atoms with Gasteiger partial charge in [-0.3, -0.25) is 4.68 Å². The second kappa shape index (κ2) is 6.25. The van der Waals surface area contributed by atoms with Crippen molar-refractivity contribution in [2.75, 3.05) is 6.54 Å². The largest absolute Gasteiger partial charge is 0.387 e. The molecule has 0 saturated carbocycles. The first-order valence-corrected chi connectivity index (χ1v) is 7.40. The SMILES string of the molecule is CCc1cn(C)nc1CSC1=NC(C)=CC(O)CN1. The number of amidine groups is 1. The molecule has 1 aromatic heterocycles. The summed E-state index contributed by atoms with van der Waals surface area (Å²) in [6.45, 7) is 4.54. The molecule has 1 aromatic rings. The van der Waals surface area contributed by atoms with Gasteiger partial charge in [0.2, 0.25) is 0 Å². The van der Waals surface area contributed by atoms with Crippen molar-refractivity contribution < 1.29 is 5.11 Å². The molecular formula is C13H20N4OS. The van der Waals surface area contributed by atoms with Crippen LogP contribution in [0.15, 0.2) is 23.0 Å². The van der Waals surface area contributed by atoms with Gasteiger partial charge in [0.15, 0.2) is 5.17 Å². The zero-order valence-electron chi connectivity index (χ0n) is 11.6. The maximum atomic E-state index is 9.61. The second-order valence-electron chi connectivity index (χ2n) is 4.59. The number of aryl methyl sites for hydroxylation is 2. The number of aromatic nitrogens is 2. The van der Waals surface area contributed by atoms with Crippen molar-refractivity contribution in [1.82, 2.24) is 15.1 Å². The van der Waals surface area contributed by atoms with Crippen molar-refractivity contribution >= 4 is 16.9 Å². The monoisotopic (exact) mass is 280 g/mol. The minimum Gasteiger partial charge on any atom is -0.387 e. The Bertz CT molecular complexity index is 507. The molecule has 6 heteroatoms. The van der Waals surface area contributed by atoms with Crippen LogP contribution in [0.3, 0.4) is 0 Å². The number of nitrogens with one attached hydrogen (secondary N) is 1. The van der Waals surface area contributed by atoms with Gasteiger partial charge in [-0.25, -0.2) is 4.99 Å². The summed E-state index contributed by atoms with van der Waals surface area (Å²) in [6.07, 6.45) is 4.34. The van der Waals surface area contributed by atoms with E-state index in [2.05, 4.69) is 28.5 Å². The average molecular weight is 280 g/mol. The molecule has 1 unspecified atom stereocenters. The zero-order valence-corrected chi connectivity index (χ0v) is 12.4. The van der Waals surface area contributed by atoms with E-state index >= 15 is 0 Å². The van der Waals surface area contributed by atoms with Crippen LogP contribution < -0.4 is 5.32 Å². The summed E-state index contributed by atoms with van der Waals surface area (Å²) in [5, 5.41) is 18.1. The van der Waals surface area contributed by atoms with Gasteiger partial charge in [-0.1, -0.05) is 18.7 Å². The molecule has 5 nitrogen and oxygen atoms in total. The predicted octanol–water partition coefficient (Wildman–Crippen LogP) is 1.44. The predicted molar refractivity (Wildman–Crippen MR) is 79.1 cm³/mol. The topological polar surface area (TPSA) is 62.4 Å². The molecule has 2 heterocycles. The molecule has 19 heavy (non-hydrogen) atoms. The van der Waals surface area contributed by atoms with Crippen molar-refractivity contribution in [1.29, 1.82) is 0 Å². The lowest BCUT2D eigenvalue weighted by Gasteiger charge is -2.08. The van der Waals surface area contributed by atoms with Gasteiger partial charge in [-0.05, 0) is 25.0 Å². The normalized spacial score (nSPS) is 19.5. The molecule has 2 N–H and O–H groups in total. The van der Waals surface area contributed by atoms with Crippen molar-refractivity contribution in [2.45, 2.75) is 32.1 Å². The lowest BCUT2D eigenvalue weighted by Crippen LogP contribution is -2.27. The quantitative estimate of drug-likeness (QED) is 0.879. The number of nitrogens with zero attached hydrogens (tertiary/aromatic N) is 3. The van der Waals surface area contributed by atoms with Gasteiger partial charge in [0.1, 0.15) is 0 Å². The Hall–Kier alpha value is -1.27. The van der Waals surface area contributed by atoms with E-state index in [1.54, 1.807) is 17.8 Å². The fourth-order valence-electron chi connectivity index (χ4n) is 1.99. The third-order valence-electron chi connectivity index (χ3n) is 2.89. The first-order chi connectivity index (χ1) is 9.08. The van der Waals surface area contributed by atoms with Gasteiger partial charge < -0.3 is 10.4 Å². The zero-order chi connectivity index (χ0) is 13.8. The number of allylic oxidation sites excluding steroid dienone is 1. The van der Waals surface area contributed by atoms with Gasteiger partial charge in [0.25, 0.3) is 0 Å². The maximum absolute atomic E-state index is 9.61. The fourth-order valence-corrected chi connectivity index (χ4v) is 2.90. The van der Waals surface area contributed by atoms with E-state index in [4.69, 9.17) is 0 Å². The third kappa shape index (κ3) is 3.84. The number of hydrogen-bond acceptors (Lipinski definition) is 5. The van der Waals surface area contributed by atoms with Crippen LogP contribution in [0.2, 0.25) is 0 Å². The van der Waals surface area contributed by atoms with Crippen LogP contribution in [0.25, 0.3) is 0 Å². The first kappa shape index (κ1) is 14.1. The number of aliphatic imine (C=N–C) groups is 1. The van der Waals surface area contributed by atoms with Gasteiger partial charge in [-0.2, -0.15) is 5.10 Å². The molecule has 104 valence electrons. The molecule has 0 bridgehead atoms. The number of aliphatic hydroxyl groups is 1. The lowest BCUT2D eigenvalue weighted by atomic mass is 10.2. The van der Waals surface area contributed by atoms with Crippen LogP contribution in [0.1, 0.15) is 25.1 Å². The summed E-state index contributed by atoms with van der Waals surface area (Å²) in [4.78, 5) is 4.44. The molecule has 0 fully saturated rings. The number of hydrogen-bond donors (Lipinski definition) is 2. The van der Waals surface area contributed by atoms with Crippen molar-refractivity contribution in [3.8, 4) is 0 Å². The van der Waals surface area contributed by atoms with E-state index in [9.17, 15) is 5.11 Å². The molecule has 0 aromatic carbocycles. The van der Waals surface area contributed by atoms with Gasteiger partial charge >= 0.3 is 0 Å². The van der Waals surface area contributed by atoms with Crippen molar-refractivity contribution in [3.63, 3.8) is 0 Å². The summed E-state index contributed by atoms with van der Waals surface area (Å²) >= 11 is 1.62. The van der Waals surface area contributed by atoms with Crippen LogP contribution in [0.5, 0.6) is 0 Å². The van der Waals surface area contributed by atoms with E-state index in [1.807, 2.05) is 18.7 Å². The summed E-state index contributed by atoms with van der Waals surface area (Å²) in [6, 6.07) is 0. The molecule has 0 radical (unpaired) electrons. The highest BCUT2D eigenvalue weighted by molar-refractivity contribution is 8.13. The fraction of sp³-hybridized carbons (Fsp3) is 0.538. The van der Waals surface area contributed by atoms with E-state index < -0.39 is 6.10 Å². The van der Waals surface area contributed by atoms with E-state index in [1.165, 1.54) is 5.56 Å². The van der Waals surface area contributed by atoms with Gasteiger partial charge in [0, 0.05) is 31.2 Å². The lowest BCUT2D eigenvalue weighted by molar-refractivity contribution is 0.226. The Morgan fingerprint density at radius 2 is 2.37 bits per heavy atom. The molecule has 1 aliphatic heterocycles. The molecule has 1 aliphatic rings. The van der Waals surface area contributed by atoms with Crippen LogP contribution in [0, 0.1) is 0 Å². The summed E-state index contributed by atoms with van der Waals surface area (Å²) in [5.41, 5.74) is 3.22. The molecule has 0 amide bonds. The summed E-state index contributed by atoms with van der Waals surface area (Å²) in [5.74, 6) is 0.791. The number of thioether (sulfide) groups is 1. The minimum atomic E-state index is -0.470. The Morgan fingerprint density at radius 3 is 3.11 bits per heavy atom. The van der Waals surface area contributed by atoms with Crippen LogP contribution in [-0.2, 0) is 19.2 Å². The van der Waals surface area contributed by atoms with E-state index in [-0.39, 0.29) is 0 Å². The van der Waals surface area contributed by atoms with Crippen LogP contribution >= 0.6 is 11.8 Å². The maximum Gasteiger partial charge on any atom is 0.161 e. The third-order valence-corrected chi connectivity index (χ3v) is 3.82. The highest BCUT2D eigenvalue weighted by Gasteiger charge is 2.12. The Balaban J connectivity index is 2.00. The minimum absolute atomic E-state index is 0.470. The molecule has 1 atom stereocenters. The van der Waals surface area contributed by atoms with Crippen molar-refractivity contribution in [2.24, 2.45) is 12.0 Å². The average Bonchev–Trinajstić information content (AvgIpc) is 2.64. The van der Waals surface area contributed by atoms with E-state index in [0.29, 0.717) is 6.54 Å². The second-order valence-corrected chi connectivity index (χ2v) is 5.55. The van der Waals surface area contributed by atoms with Crippen LogP contribution in [-0.4, -0.2) is 32.7 Å². The van der Waals surface area contributed by atoms with Gasteiger partial charge in [0.05, 0.1) is 11.8 Å². The Morgan fingerprint density at radius 1 is 1.58 bits per heavy atom. The molecule has 2 rings (SSSR count). The molecular weight excluding hydrogens is 260 g/mol. The standard InChI is InChI=1S/C13H20N4OS/c1-4-10-7-17(3)16-12(10)8-19-13-14-6-11(18)5-9(2)15-13/h5,7,11,18H,4,6,8H2,1-3H3,(H,14,15). The highest BCUT2D eigenvalue weighted by atomic mass is 32.2. The van der Waals surface area contributed by atoms with Crippen LogP contribution in [0.4, 0.5) is 0 Å². The summed E-state index contributed by atoms with van der Waals surface area (Å²) in [7, 11) is 1.94. The molecule has 0 spiro atoms. The number of β-amino-alcohol motifs (C(OH)–C–C–N with tert-alkyl or cyclic N) is 1. The van der Waals surface area contributed by atoms with Gasteiger partial charge in [-0.15, -0.1) is 0 Å². The number of aliphatic hydroxyl groups excluding tert-OH is 1.